The van der Waals surface area contributed by atoms with Gasteiger partial charge < -0.3 is 10.5 Å². The molecule has 0 radical (unpaired) electrons. The van der Waals surface area contributed by atoms with Gasteiger partial charge in [-0.2, -0.15) is 5.10 Å². The molecule has 0 amide bonds. The van der Waals surface area contributed by atoms with E-state index in [-0.39, 0.29) is 23.9 Å². The molecule has 2 N–H and O–H groups in total. The van der Waals surface area contributed by atoms with Crippen molar-refractivity contribution in [2.75, 3.05) is 13.7 Å². The second-order valence-electron chi connectivity index (χ2n) is 4.62. The van der Waals surface area contributed by atoms with Crippen molar-refractivity contribution in [3.05, 3.63) is 17.5 Å². The Morgan fingerprint density at radius 2 is 2.12 bits per heavy atom. The molecule has 6 heteroatoms. The van der Waals surface area contributed by atoms with Crippen LogP contribution in [-0.4, -0.2) is 29.4 Å². The van der Waals surface area contributed by atoms with Gasteiger partial charge in [0.05, 0.1) is 24.5 Å². The van der Waals surface area contributed by atoms with Gasteiger partial charge in [0.25, 0.3) is 0 Å². The summed E-state index contributed by atoms with van der Waals surface area (Å²) < 4.78 is 6.54. The first kappa shape index (κ1) is 15.9. The Morgan fingerprint density at radius 1 is 1.53 bits per heavy atom. The van der Waals surface area contributed by atoms with E-state index in [4.69, 9.17) is 10.5 Å². The van der Waals surface area contributed by atoms with Crippen molar-refractivity contribution in [1.82, 2.24) is 9.78 Å². The summed E-state index contributed by atoms with van der Waals surface area (Å²) in [4.78, 5) is 11.5. The summed E-state index contributed by atoms with van der Waals surface area (Å²) in [5.74, 6) is -0.362. The molecule has 1 heterocycles. The summed E-state index contributed by atoms with van der Waals surface area (Å²) in [7, 11) is 1.36. The lowest BCUT2D eigenvalue weighted by Gasteiger charge is -2.22. The first-order valence-corrected chi connectivity index (χ1v) is 5.27. The summed E-state index contributed by atoms with van der Waals surface area (Å²) in [5.41, 5.74) is 6.72. The van der Waals surface area contributed by atoms with Gasteiger partial charge in [0.15, 0.2) is 0 Å². The Morgan fingerprint density at radius 3 is 2.53 bits per heavy atom. The Hall–Kier alpha value is -1.07. The van der Waals surface area contributed by atoms with E-state index < -0.39 is 0 Å². The van der Waals surface area contributed by atoms with Crippen molar-refractivity contribution in [2.45, 2.75) is 32.7 Å². The SMILES string of the molecule is COC(=O)c1cnn(C(C)(C)C)c1CCN.Cl. The molecule has 1 rings (SSSR count). The first-order valence-electron chi connectivity index (χ1n) is 5.27. The quantitative estimate of drug-likeness (QED) is 0.834. The van der Waals surface area contributed by atoms with Gasteiger partial charge in [-0.25, -0.2) is 4.79 Å². The van der Waals surface area contributed by atoms with Gasteiger partial charge in [-0.1, -0.05) is 0 Å². The molecule has 0 unspecified atom stereocenters. The summed E-state index contributed by atoms with van der Waals surface area (Å²) in [6.07, 6.45) is 2.16. The molecule has 17 heavy (non-hydrogen) atoms. The molecule has 0 aliphatic heterocycles. The molecule has 0 aliphatic carbocycles. The molecule has 5 nitrogen and oxygen atoms in total. The number of nitrogens with two attached hydrogens (primary N) is 1. The number of rotatable bonds is 3. The number of ether oxygens (including phenoxy) is 1. The fourth-order valence-electron chi connectivity index (χ4n) is 1.61. The Kier molecular flexibility index (Phi) is 5.64. The number of carbonyl (C=O) groups is 1. The van der Waals surface area contributed by atoms with Gasteiger partial charge >= 0.3 is 5.97 Å². The maximum absolute atomic E-state index is 11.5. The van der Waals surface area contributed by atoms with Gasteiger partial charge in [-0.05, 0) is 27.3 Å². The summed E-state index contributed by atoms with van der Waals surface area (Å²) >= 11 is 0. The van der Waals surface area contributed by atoms with Crippen molar-refractivity contribution in [3.8, 4) is 0 Å². The first-order chi connectivity index (χ1) is 7.41. The smallest absolute Gasteiger partial charge is 0.341 e. The summed E-state index contributed by atoms with van der Waals surface area (Å²) in [6.45, 7) is 6.56. The number of hydrogen-bond acceptors (Lipinski definition) is 4. The zero-order valence-corrected chi connectivity index (χ0v) is 11.5. The van der Waals surface area contributed by atoms with Crippen molar-refractivity contribution < 1.29 is 9.53 Å². The molecule has 0 aliphatic rings. The van der Waals surface area contributed by atoms with Crippen molar-refractivity contribution >= 4 is 18.4 Å². The monoisotopic (exact) mass is 261 g/mol. The predicted molar refractivity (Wildman–Crippen MR) is 68.6 cm³/mol. The summed E-state index contributed by atoms with van der Waals surface area (Å²) in [5, 5.41) is 4.24. The normalized spacial score (nSPS) is 10.9. The minimum absolute atomic E-state index is 0. The lowest BCUT2D eigenvalue weighted by atomic mass is 10.1. The molecule has 98 valence electrons. The average Bonchev–Trinajstić information content (AvgIpc) is 2.60. The van der Waals surface area contributed by atoms with Crippen molar-refractivity contribution in [3.63, 3.8) is 0 Å². The zero-order chi connectivity index (χ0) is 12.3. The van der Waals surface area contributed by atoms with Gasteiger partial charge in [-0.15, -0.1) is 12.4 Å². The van der Waals surface area contributed by atoms with E-state index in [1.165, 1.54) is 7.11 Å². The minimum Gasteiger partial charge on any atom is -0.465 e. The molecule has 0 aromatic carbocycles. The fraction of sp³-hybridized carbons (Fsp3) is 0.636. The highest BCUT2D eigenvalue weighted by atomic mass is 35.5. The number of hydrogen-bond donors (Lipinski definition) is 1. The van der Waals surface area contributed by atoms with E-state index >= 15 is 0 Å². The molecule has 0 saturated heterocycles. The maximum atomic E-state index is 11.5. The largest absolute Gasteiger partial charge is 0.465 e. The van der Waals surface area contributed by atoms with Crippen LogP contribution in [0.2, 0.25) is 0 Å². The molecular weight excluding hydrogens is 242 g/mol. The van der Waals surface area contributed by atoms with E-state index in [2.05, 4.69) is 5.10 Å². The van der Waals surface area contributed by atoms with Crippen LogP contribution in [0.1, 0.15) is 36.8 Å². The van der Waals surface area contributed by atoms with Crippen LogP contribution in [0, 0.1) is 0 Å². The number of halogens is 1. The van der Waals surface area contributed by atoms with Gasteiger partial charge in [0.2, 0.25) is 0 Å². The number of methoxy groups -OCH3 is 1. The second kappa shape index (κ2) is 6.02. The standard InChI is InChI=1S/C11H19N3O2.ClH/c1-11(2,3)14-9(5-6-12)8(7-13-14)10(15)16-4;/h7H,5-6,12H2,1-4H3;1H. The van der Waals surface area contributed by atoms with Crippen LogP contribution in [0.15, 0.2) is 6.20 Å². The van der Waals surface area contributed by atoms with Gasteiger partial charge in [-0.3, -0.25) is 4.68 Å². The van der Waals surface area contributed by atoms with Crippen LogP contribution in [0.5, 0.6) is 0 Å². The third-order valence-corrected chi connectivity index (χ3v) is 2.29. The zero-order valence-electron chi connectivity index (χ0n) is 10.7. The Bertz CT molecular complexity index is 383. The fourth-order valence-corrected chi connectivity index (χ4v) is 1.61. The minimum atomic E-state index is -0.362. The van der Waals surface area contributed by atoms with E-state index in [0.717, 1.165) is 5.69 Å². The molecule has 1 aromatic heterocycles. The lowest BCUT2D eigenvalue weighted by Crippen LogP contribution is -2.27. The molecule has 0 atom stereocenters. The number of aromatic nitrogens is 2. The van der Waals surface area contributed by atoms with E-state index in [9.17, 15) is 4.79 Å². The number of nitrogens with zero attached hydrogens (tertiary/aromatic N) is 2. The molecule has 0 spiro atoms. The van der Waals surface area contributed by atoms with E-state index in [1.807, 2.05) is 25.5 Å². The highest BCUT2D eigenvalue weighted by Gasteiger charge is 2.23. The summed E-state index contributed by atoms with van der Waals surface area (Å²) in [6, 6.07) is 0. The second-order valence-corrected chi connectivity index (χ2v) is 4.62. The highest BCUT2D eigenvalue weighted by Crippen LogP contribution is 2.19. The Balaban J connectivity index is 0.00000256. The van der Waals surface area contributed by atoms with Crippen LogP contribution in [-0.2, 0) is 16.7 Å². The van der Waals surface area contributed by atoms with Crippen LogP contribution in [0.3, 0.4) is 0 Å². The molecular formula is C11H20ClN3O2. The predicted octanol–water partition coefficient (Wildman–Crippen LogP) is 1.35. The van der Waals surface area contributed by atoms with Crippen LogP contribution >= 0.6 is 12.4 Å². The highest BCUT2D eigenvalue weighted by molar-refractivity contribution is 5.90. The Labute approximate surface area is 108 Å². The molecule has 1 aromatic rings. The van der Waals surface area contributed by atoms with Gasteiger partial charge in [0.1, 0.15) is 5.56 Å². The third kappa shape index (κ3) is 3.44. The average molecular weight is 262 g/mol. The van der Waals surface area contributed by atoms with Crippen molar-refractivity contribution in [2.24, 2.45) is 5.73 Å². The molecule has 0 saturated carbocycles. The van der Waals surface area contributed by atoms with E-state index in [0.29, 0.717) is 18.5 Å². The van der Waals surface area contributed by atoms with Crippen LogP contribution < -0.4 is 5.73 Å². The molecule has 0 bridgehead atoms. The number of esters is 1. The van der Waals surface area contributed by atoms with E-state index in [1.54, 1.807) is 6.20 Å². The molecule has 0 fully saturated rings. The third-order valence-electron chi connectivity index (χ3n) is 2.29. The van der Waals surface area contributed by atoms with Crippen LogP contribution in [0.4, 0.5) is 0 Å². The van der Waals surface area contributed by atoms with Crippen LogP contribution in [0.25, 0.3) is 0 Å². The maximum Gasteiger partial charge on any atom is 0.341 e. The number of carbonyl (C=O) groups excluding carboxylic acids is 1. The van der Waals surface area contributed by atoms with Gasteiger partial charge in [0, 0.05) is 6.42 Å². The van der Waals surface area contributed by atoms with Crippen molar-refractivity contribution in [1.29, 1.82) is 0 Å². The lowest BCUT2D eigenvalue weighted by molar-refractivity contribution is 0.0599. The topological polar surface area (TPSA) is 70.1 Å².